The van der Waals surface area contributed by atoms with Crippen LogP contribution >= 0.6 is 11.6 Å². The van der Waals surface area contributed by atoms with Crippen LogP contribution in [0.25, 0.3) is 0 Å². The van der Waals surface area contributed by atoms with Crippen molar-refractivity contribution in [2.24, 2.45) is 0 Å². The number of rotatable bonds is 11. The smallest absolute Gasteiger partial charge is 0.244 e. The van der Waals surface area contributed by atoms with Gasteiger partial charge in [0.2, 0.25) is 21.8 Å². The number of hydrogen-bond donors (Lipinski definition) is 1. The van der Waals surface area contributed by atoms with Crippen molar-refractivity contribution >= 4 is 39.1 Å². The Kier molecular flexibility index (Phi) is 9.44. The monoisotopic (exact) mass is 537 g/mol. The molecule has 1 aliphatic rings. The maximum Gasteiger partial charge on any atom is 0.244 e. The van der Waals surface area contributed by atoms with Crippen molar-refractivity contribution in [3.05, 3.63) is 53.1 Å². The number of sulfonamides is 1. The lowest BCUT2D eigenvalue weighted by Gasteiger charge is -2.31. The number of hydrogen-bond acceptors (Lipinski definition) is 6. The van der Waals surface area contributed by atoms with Crippen molar-refractivity contribution < 1.29 is 27.5 Å². The molecule has 1 heterocycles. The number of nitrogens with zero attached hydrogens (tertiary/aromatic N) is 2. The molecule has 0 saturated heterocycles. The Bertz CT molecular complexity index is 1190. The van der Waals surface area contributed by atoms with Crippen LogP contribution in [0.3, 0.4) is 0 Å². The van der Waals surface area contributed by atoms with Gasteiger partial charge in [0, 0.05) is 24.2 Å². The van der Waals surface area contributed by atoms with Gasteiger partial charge in [-0.3, -0.25) is 13.9 Å². The molecule has 36 heavy (non-hydrogen) atoms. The van der Waals surface area contributed by atoms with E-state index < -0.39 is 28.5 Å². The maximum atomic E-state index is 13.6. The highest BCUT2D eigenvalue weighted by molar-refractivity contribution is 7.92. The standard InChI is InChI=1S/C25H32ClN3O6S/c1-4-5-11-27-25(31)18(2)28(16-19-7-6-8-20(26)14-19)24(30)17-29(36(3,32)33)21-9-10-22-23(15-21)35-13-12-34-22/h6-10,14-15,18H,4-5,11-13,16-17H2,1-3H3,(H,27,31). The van der Waals surface area contributed by atoms with E-state index in [4.69, 9.17) is 21.1 Å². The summed E-state index contributed by atoms with van der Waals surface area (Å²) < 4.78 is 37.5. The van der Waals surface area contributed by atoms with Gasteiger partial charge in [0.25, 0.3) is 0 Å². The lowest BCUT2D eigenvalue weighted by molar-refractivity contribution is -0.139. The molecule has 0 aliphatic carbocycles. The van der Waals surface area contributed by atoms with Crippen LogP contribution in [0.15, 0.2) is 42.5 Å². The lowest BCUT2D eigenvalue weighted by Crippen LogP contribution is -2.51. The van der Waals surface area contributed by atoms with E-state index in [1.807, 2.05) is 6.92 Å². The summed E-state index contributed by atoms with van der Waals surface area (Å²) in [4.78, 5) is 27.8. The van der Waals surface area contributed by atoms with Crippen molar-refractivity contribution in [3.8, 4) is 11.5 Å². The van der Waals surface area contributed by atoms with Crippen LogP contribution in [-0.2, 0) is 26.2 Å². The number of carbonyl (C=O) groups is 2. The molecule has 1 aliphatic heterocycles. The summed E-state index contributed by atoms with van der Waals surface area (Å²) in [5.74, 6) is 0.0570. The maximum absolute atomic E-state index is 13.6. The van der Waals surface area contributed by atoms with Crippen LogP contribution < -0.4 is 19.1 Å². The molecule has 0 aromatic heterocycles. The van der Waals surface area contributed by atoms with Crippen molar-refractivity contribution in [1.29, 1.82) is 0 Å². The molecule has 2 aromatic carbocycles. The van der Waals surface area contributed by atoms with Gasteiger partial charge < -0.3 is 19.7 Å². The van der Waals surface area contributed by atoms with Crippen LogP contribution in [0.2, 0.25) is 5.02 Å². The second kappa shape index (κ2) is 12.3. The topological polar surface area (TPSA) is 105 Å². The number of unbranched alkanes of at least 4 members (excludes halogenated alkanes) is 1. The van der Waals surface area contributed by atoms with Crippen LogP contribution in [0.5, 0.6) is 11.5 Å². The van der Waals surface area contributed by atoms with E-state index in [9.17, 15) is 18.0 Å². The fourth-order valence-electron chi connectivity index (χ4n) is 3.75. The highest BCUT2D eigenvalue weighted by atomic mass is 35.5. The molecule has 0 fully saturated rings. The predicted molar refractivity (Wildman–Crippen MR) is 139 cm³/mol. The van der Waals surface area contributed by atoms with Crippen LogP contribution in [0.4, 0.5) is 5.69 Å². The number of benzene rings is 2. The molecule has 0 radical (unpaired) electrons. The number of halogens is 1. The largest absolute Gasteiger partial charge is 0.486 e. The number of amides is 2. The normalized spacial score (nSPS) is 13.6. The molecular formula is C25H32ClN3O6S. The minimum atomic E-state index is -3.85. The van der Waals surface area contributed by atoms with E-state index in [0.717, 1.165) is 23.4 Å². The van der Waals surface area contributed by atoms with Gasteiger partial charge in [-0.05, 0) is 43.2 Å². The number of carbonyl (C=O) groups excluding carboxylic acids is 2. The highest BCUT2D eigenvalue weighted by Crippen LogP contribution is 2.34. The van der Waals surface area contributed by atoms with Crippen LogP contribution in [0, 0.1) is 0 Å². The molecule has 1 N–H and O–H groups in total. The van der Waals surface area contributed by atoms with Crippen molar-refractivity contribution in [2.75, 3.05) is 36.9 Å². The number of fused-ring (bicyclic) bond motifs is 1. The molecule has 0 saturated carbocycles. The van der Waals surface area contributed by atoms with Gasteiger partial charge >= 0.3 is 0 Å². The van der Waals surface area contributed by atoms with E-state index >= 15 is 0 Å². The third kappa shape index (κ3) is 7.27. The summed E-state index contributed by atoms with van der Waals surface area (Å²) in [5.41, 5.74) is 0.979. The summed E-state index contributed by atoms with van der Waals surface area (Å²) in [6.07, 6.45) is 2.75. The van der Waals surface area contributed by atoms with Crippen molar-refractivity contribution in [1.82, 2.24) is 10.2 Å². The van der Waals surface area contributed by atoms with Gasteiger partial charge in [0.15, 0.2) is 11.5 Å². The Morgan fingerprint density at radius 3 is 2.50 bits per heavy atom. The first-order valence-corrected chi connectivity index (χ1v) is 14.0. The summed E-state index contributed by atoms with van der Waals surface area (Å²) in [6, 6.07) is 10.8. The zero-order valence-corrected chi connectivity index (χ0v) is 22.3. The minimum absolute atomic E-state index is 0.0838. The lowest BCUT2D eigenvalue weighted by atomic mass is 10.1. The summed E-state index contributed by atoms with van der Waals surface area (Å²) >= 11 is 6.12. The third-order valence-corrected chi connectivity index (χ3v) is 7.11. The Morgan fingerprint density at radius 2 is 1.83 bits per heavy atom. The van der Waals surface area contributed by atoms with Gasteiger partial charge in [-0.1, -0.05) is 37.1 Å². The average molecular weight is 538 g/mol. The number of ether oxygens (including phenoxy) is 2. The quantitative estimate of drug-likeness (QED) is 0.441. The average Bonchev–Trinajstić information content (AvgIpc) is 2.84. The first kappa shape index (κ1) is 27.6. The zero-order chi connectivity index (χ0) is 26.3. The van der Waals surface area contributed by atoms with E-state index in [2.05, 4.69) is 5.32 Å². The Hall–Kier alpha value is -2.98. The first-order valence-electron chi connectivity index (χ1n) is 11.8. The van der Waals surface area contributed by atoms with E-state index in [-0.39, 0.29) is 18.1 Å². The van der Waals surface area contributed by atoms with E-state index in [1.54, 1.807) is 43.3 Å². The second-order valence-corrected chi connectivity index (χ2v) is 10.9. The molecule has 0 spiro atoms. The van der Waals surface area contributed by atoms with Gasteiger partial charge in [-0.2, -0.15) is 0 Å². The molecule has 11 heteroatoms. The third-order valence-electron chi connectivity index (χ3n) is 5.73. The van der Waals surface area contributed by atoms with E-state index in [0.29, 0.717) is 41.8 Å². The molecule has 196 valence electrons. The molecule has 1 atom stereocenters. The zero-order valence-electron chi connectivity index (χ0n) is 20.7. The minimum Gasteiger partial charge on any atom is -0.486 e. The van der Waals surface area contributed by atoms with Crippen LogP contribution in [0.1, 0.15) is 32.3 Å². The summed E-state index contributed by atoms with van der Waals surface area (Å²) in [6.45, 7) is 4.46. The number of nitrogens with one attached hydrogen (secondary N) is 1. The molecular weight excluding hydrogens is 506 g/mol. The fourth-order valence-corrected chi connectivity index (χ4v) is 4.81. The van der Waals surface area contributed by atoms with Crippen LogP contribution in [-0.4, -0.2) is 63.7 Å². The number of anilines is 1. The molecule has 2 aromatic rings. The fraction of sp³-hybridized carbons (Fsp3) is 0.440. The van der Waals surface area contributed by atoms with E-state index in [1.165, 1.54) is 11.0 Å². The molecule has 1 unspecified atom stereocenters. The molecule has 9 nitrogen and oxygen atoms in total. The summed E-state index contributed by atoms with van der Waals surface area (Å²) in [5, 5.41) is 3.34. The van der Waals surface area contributed by atoms with Crippen molar-refractivity contribution in [2.45, 2.75) is 39.3 Å². The predicted octanol–water partition coefficient (Wildman–Crippen LogP) is 3.21. The molecule has 0 bridgehead atoms. The first-order chi connectivity index (χ1) is 17.1. The SMILES string of the molecule is CCCCNC(=O)C(C)N(Cc1cccc(Cl)c1)C(=O)CN(c1ccc2c(c1)OCCO2)S(C)(=O)=O. The molecule has 3 rings (SSSR count). The summed E-state index contributed by atoms with van der Waals surface area (Å²) in [7, 11) is -3.85. The van der Waals surface area contributed by atoms with Gasteiger partial charge in [-0.15, -0.1) is 0 Å². The Morgan fingerprint density at radius 1 is 1.11 bits per heavy atom. The Labute approximate surface area is 217 Å². The van der Waals surface area contributed by atoms with Gasteiger partial charge in [-0.25, -0.2) is 8.42 Å². The second-order valence-electron chi connectivity index (χ2n) is 8.57. The van der Waals surface area contributed by atoms with Crippen molar-refractivity contribution in [3.63, 3.8) is 0 Å². The molecule has 2 amide bonds. The highest BCUT2D eigenvalue weighted by Gasteiger charge is 2.30. The van der Waals surface area contributed by atoms with Gasteiger partial charge in [0.05, 0.1) is 11.9 Å². The van der Waals surface area contributed by atoms with Gasteiger partial charge in [0.1, 0.15) is 25.8 Å². The Balaban J connectivity index is 1.89.